The lowest BCUT2D eigenvalue weighted by molar-refractivity contribution is -0.116. The number of likely N-dealkylation sites (tertiary alicyclic amines) is 1. The van der Waals surface area contributed by atoms with E-state index in [0.717, 1.165) is 26.6 Å². The number of hydrogen-bond donors (Lipinski definition) is 5. The van der Waals surface area contributed by atoms with Gasteiger partial charge >= 0.3 is 7.82 Å². The molecule has 48 heavy (non-hydrogen) atoms. The van der Waals surface area contributed by atoms with E-state index in [1.165, 1.54) is 34.8 Å². The zero-order chi connectivity index (χ0) is 34.2. The summed E-state index contributed by atoms with van der Waals surface area (Å²) in [6.45, 7) is 2.04. The molecule has 1 aliphatic rings. The molecule has 5 N–H and O–H groups in total. The molecule has 1 fully saturated rings. The Bertz CT molecular complexity index is 2030. The van der Waals surface area contributed by atoms with E-state index in [0.29, 0.717) is 22.5 Å². The number of H-pyrrole nitrogens is 1. The molecule has 252 valence electrons. The third-order valence-corrected chi connectivity index (χ3v) is 8.63. The van der Waals surface area contributed by atoms with E-state index in [1.807, 2.05) is 44.3 Å². The molecule has 5 aromatic rings. The van der Waals surface area contributed by atoms with Crippen LogP contribution >= 0.6 is 19.6 Å². The first-order chi connectivity index (χ1) is 22.7. The van der Waals surface area contributed by atoms with Crippen molar-refractivity contribution in [3.8, 4) is 0 Å². The van der Waals surface area contributed by atoms with Crippen molar-refractivity contribution in [1.82, 2.24) is 34.3 Å². The van der Waals surface area contributed by atoms with Crippen LogP contribution in [0.25, 0.3) is 5.52 Å². The summed E-state index contributed by atoms with van der Waals surface area (Å²) in [5.41, 5.74) is 3.28. The van der Waals surface area contributed by atoms with Gasteiger partial charge in [0, 0.05) is 47.4 Å². The van der Waals surface area contributed by atoms with Crippen molar-refractivity contribution in [3.05, 3.63) is 77.9 Å². The zero-order valence-electron chi connectivity index (χ0n) is 25.5. The lowest BCUT2D eigenvalue weighted by Crippen LogP contribution is -2.38. The number of hydrogen-bond acceptors (Lipinski definition) is 9. The number of phosphoric ester groups is 1. The van der Waals surface area contributed by atoms with E-state index in [4.69, 9.17) is 14.8 Å². The molecule has 0 aliphatic carbocycles. The van der Waals surface area contributed by atoms with Gasteiger partial charge in [0.05, 0.1) is 24.8 Å². The lowest BCUT2D eigenvalue weighted by atomic mass is 10.2. The number of aromatic amines is 1. The van der Waals surface area contributed by atoms with Crippen molar-refractivity contribution in [2.45, 2.75) is 48.8 Å². The van der Waals surface area contributed by atoms with E-state index in [-0.39, 0.29) is 12.1 Å². The molecule has 0 radical (unpaired) electrons. The van der Waals surface area contributed by atoms with E-state index in [9.17, 15) is 22.9 Å². The van der Waals surface area contributed by atoms with Crippen LogP contribution in [0, 0.1) is 13.8 Å². The summed E-state index contributed by atoms with van der Waals surface area (Å²) in [4.78, 5) is 50.0. The van der Waals surface area contributed by atoms with Crippen LogP contribution in [0.5, 0.6) is 0 Å². The van der Waals surface area contributed by atoms with Crippen molar-refractivity contribution >= 4 is 54.2 Å². The first-order valence-corrected chi connectivity index (χ1v) is 16.8. The molecule has 1 aliphatic heterocycles. The largest absolute Gasteiger partial charge is 0.469 e. The van der Waals surface area contributed by atoms with E-state index >= 15 is 0 Å². The average Bonchev–Trinajstić information content (AvgIpc) is 3.78. The van der Waals surface area contributed by atoms with Gasteiger partial charge in [0.25, 0.3) is 11.8 Å². The van der Waals surface area contributed by atoms with Gasteiger partial charge in [-0.25, -0.2) is 22.8 Å². The van der Waals surface area contributed by atoms with Gasteiger partial charge in [-0.3, -0.25) is 19.2 Å². The number of aryl methyl sites for hydroxylation is 2. The smallest absolute Gasteiger partial charge is 0.344 e. The molecule has 6 rings (SSSR count). The number of carbonyl (C=O) groups is 2. The second-order valence-corrected chi connectivity index (χ2v) is 13.6. The maximum atomic E-state index is 14.1. The quantitative estimate of drug-likeness (QED) is 0.123. The van der Waals surface area contributed by atoms with Gasteiger partial charge in [-0.1, -0.05) is 0 Å². The van der Waals surface area contributed by atoms with Gasteiger partial charge in [0.15, 0.2) is 11.6 Å². The van der Waals surface area contributed by atoms with Crippen LogP contribution in [0.1, 0.15) is 28.0 Å². The second-order valence-electron chi connectivity index (χ2n) is 11.3. The molecule has 0 spiro atoms. The highest BCUT2D eigenvalue weighted by Crippen LogP contribution is 2.39. The summed E-state index contributed by atoms with van der Waals surface area (Å²) in [7, 11) is -4.91. The van der Waals surface area contributed by atoms with Gasteiger partial charge in [-0.15, -0.1) is 5.10 Å². The summed E-state index contributed by atoms with van der Waals surface area (Å²) in [6.07, 6.45) is 3.91. The Hall–Kier alpha value is -4.61. The fraction of sp³-hybridized carbons (Fsp3) is 0.276. The van der Waals surface area contributed by atoms with Crippen molar-refractivity contribution in [3.63, 3.8) is 0 Å². The van der Waals surface area contributed by atoms with Crippen LogP contribution in [0.2, 0.25) is 0 Å². The number of alkyl halides is 2. The molecule has 4 aromatic heterocycles. The summed E-state index contributed by atoms with van der Waals surface area (Å²) in [5, 5.41) is 18.2. The average molecular weight is 702 g/mol. The van der Waals surface area contributed by atoms with E-state index in [1.54, 1.807) is 16.6 Å². The third-order valence-electron chi connectivity index (χ3n) is 7.28. The van der Waals surface area contributed by atoms with Crippen LogP contribution in [-0.2, 0) is 20.4 Å². The number of fused-ring (bicyclic) bond motifs is 1. The van der Waals surface area contributed by atoms with Gasteiger partial charge in [-0.05, 0) is 67.6 Å². The molecular formula is C29H30F2N9O6PS. The molecule has 0 unspecified atom stereocenters. The Morgan fingerprint density at radius 3 is 2.65 bits per heavy atom. The van der Waals surface area contributed by atoms with Crippen LogP contribution in [-0.4, -0.2) is 81.0 Å². The van der Waals surface area contributed by atoms with Gasteiger partial charge in [0.1, 0.15) is 12.1 Å². The highest BCUT2D eigenvalue weighted by molar-refractivity contribution is 7.99. The molecule has 15 nitrogen and oxygen atoms in total. The van der Waals surface area contributed by atoms with Gasteiger partial charge in [0.2, 0.25) is 11.1 Å². The van der Waals surface area contributed by atoms with Crippen molar-refractivity contribution in [2.24, 2.45) is 0 Å². The van der Waals surface area contributed by atoms with Gasteiger partial charge < -0.3 is 29.9 Å². The Balaban J connectivity index is 1.07. The molecule has 1 saturated heterocycles. The standard InChI is InChI=1S/C29H30F2N9O6PS/c1-17-9-23-26(33-24-10-18(2)35-36-24)34-28(37-40(23)12-17)48-22-5-3-20(4-6-22)32-25(41)14-38-8-7-19(13-38)27(42)39-16-29(30,31)11-21(39)15-46-47(43,44)45/h3-10,12-13,21H,11,14-16H2,1-2H3,(H,32,41)(H2,43,44,45)(H2,33,34,35,36,37)/t21-/m0/s1. The van der Waals surface area contributed by atoms with Crippen LogP contribution < -0.4 is 10.6 Å². The lowest BCUT2D eigenvalue weighted by Gasteiger charge is -2.23. The topological polar surface area (TPSA) is 192 Å². The number of benzene rings is 1. The number of phosphoric acid groups is 1. The fourth-order valence-corrected chi connectivity index (χ4v) is 6.34. The Kier molecular flexibility index (Phi) is 9.10. The maximum Gasteiger partial charge on any atom is 0.469 e. The molecule has 0 bridgehead atoms. The Morgan fingerprint density at radius 2 is 1.94 bits per heavy atom. The van der Waals surface area contributed by atoms with Crippen molar-refractivity contribution < 1.29 is 37.2 Å². The minimum atomic E-state index is -4.91. The molecule has 1 aromatic carbocycles. The molecular weight excluding hydrogens is 671 g/mol. The number of nitrogens with zero attached hydrogens (tertiary/aromatic N) is 6. The monoisotopic (exact) mass is 701 g/mol. The Labute approximate surface area is 275 Å². The van der Waals surface area contributed by atoms with Gasteiger partial charge in [-0.2, -0.15) is 5.10 Å². The van der Waals surface area contributed by atoms with E-state index in [2.05, 4.69) is 30.5 Å². The summed E-state index contributed by atoms with van der Waals surface area (Å²) < 4.78 is 46.8. The molecule has 1 atom stereocenters. The number of aromatic nitrogens is 6. The normalized spacial score (nSPS) is 16.0. The summed E-state index contributed by atoms with van der Waals surface area (Å²) in [5.74, 6) is -3.18. The first-order valence-electron chi connectivity index (χ1n) is 14.5. The third kappa shape index (κ3) is 8.08. The first kappa shape index (κ1) is 33.3. The summed E-state index contributed by atoms with van der Waals surface area (Å²) in [6, 6.07) is 11.1. The molecule has 5 heterocycles. The highest BCUT2D eigenvalue weighted by Gasteiger charge is 2.47. The number of amides is 2. The maximum absolute atomic E-state index is 14.1. The molecule has 2 amide bonds. The Morgan fingerprint density at radius 1 is 1.17 bits per heavy atom. The van der Waals surface area contributed by atoms with E-state index < -0.39 is 51.2 Å². The predicted octanol–water partition coefficient (Wildman–Crippen LogP) is 4.36. The van der Waals surface area contributed by atoms with Crippen LogP contribution in [0.4, 0.5) is 26.1 Å². The van der Waals surface area contributed by atoms with Crippen molar-refractivity contribution in [2.75, 3.05) is 23.8 Å². The zero-order valence-corrected chi connectivity index (χ0v) is 27.2. The number of rotatable bonds is 11. The molecule has 19 heteroatoms. The minimum absolute atomic E-state index is 0.0383. The number of anilines is 3. The number of halogens is 2. The number of carbonyl (C=O) groups excluding carboxylic acids is 2. The summed E-state index contributed by atoms with van der Waals surface area (Å²) >= 11 is 1.33. The SMILES string of the molecule is Cc1cc2c(Nc3cc(C)[nH]n3)nc(Sc3ccc(NC(=O)Cn4ccc(C(=O)N5CC(F)(F)C[C@H]5COP(=O)(O)O)c4)cc3)nn2c1. The minimum Gasteiger partial charge on any atom is -0.344 e. The second kappa shape index (κ2) is 13.1. The van der Waals surface area contributed by atoms with Crippen LogP contribution in [0.3, 0.4) is 0 Å². The van der Waals surface area contributed by atoms with Crippen molar-refractivity contribution in [1.29, 1.82) is 0 Å². The highest BCUT2D eigenvalue weighted by atomic mass is 32.2. The molecule has 0 saturated carbocycles. The predicted molar refractivity (Wildman–Crippen MR) is 170 cm³/mol. The number of nitrogens with one attached hydrogen (secondary N) is 3. The fourth-order valence-electron chi connectivity index (χ4n) is 5.22. The van der Waals surface area contributed by atoms with Crippen LogP contribution in [0.15, 0.2) is 71.1 Å².